The highest BCUT2D eigenvalue weighted by Gasteiger charge is 2.23. The number of aromatic nitrogens is 2. The molecule has 1 aromatic heterocycles. The zero-order valence-electron chi connectivity index (χ0n) is 9.40. The summed E-state index contributed by atoms with van der Waals surface area (Å²) in [5.74, 6) is 2.89. The maximum atomic E-state index is 5.76. The van der Waals surface area contributed by atoms with E-state index in [1.54, 1.807) is 19.5 Å². The summed E-state index contributed by atoms with van der Waals surface area (Å²) < 4.78 is 5.07. The average molecular weight is 242 g/mol. The largest absolute Gasteiger partial charge is 0.480 e. The first-order valence-corrected chi connectivity index (χ1v) is 6.04. The van der Waals surface area contributed by atoms with Gasteiger partial charge in [0.15, 0.2) is 5.82 Å². The number of nitrogens with zero attached hydrogens (tertiary/aromatic N) is 3. The van der Waals surface area contributed by atoms with Crippen molar-refractivity contribution in [1.82, 2.24) is 9.97 Å². The van der Waals surface area contributed by atoms with Crippen LogP contribution < -0.4 is 9.64 Å². The van der Waals surface area contributed by atoms with Gasteiger partial charge in [0.2, 0.25) is 5.88 Å². The molecule has 0 aliphatic carbocycles. The molecule has 0 aromatic carbocycles. The third-order valence-electron chi connectivity index (χ3n) is 2.94. The molecule has 1 aliphatic heterocycles. The maximum Gasteiger partial charge on any atom is 0.233 e. The SMILES string of the molecule is COc1cncc(N2CCC(CCCl)C2)n1. The fourth-order valence-corrected chi connectivity index (χ4v) is 2.33. The molecule has 0 amide bonds. The van der Waals surface area contributed by atoms with Crippen molar-refractivity contribution in [3.05, 3.63) is 12.4 Å². The van der Waals surface area contributed by atoms with E-state index in [1.807, 2.05) is 0 Å². The highest BCUT2D eigenvalue weighted by atomic mass is 35.5. The van der Waals surface area contributed by atoms with Gasteiger partial charge in [0.1, 0.15) is 0 Å². The molecule has 4 nitrogen and oxygen atoms in total. The predicted octanol–water partition coefficient (Wildman–Crippen LogP) is 1.94. The van der Waals surface area contributed by atoms with E-state index in [-0.39, 0.29) is 0 Å². The summed E-state index contributed by atoms with van der Waals surface area (Å²) in [5.41, 5.74) is 0. The number of rotatable bonds is 4. The van der Waals surface area contributed by atoms with E-state index in [0.29, 0.717) is 11.8 Å². The first-order valence-electron chi connectivity index (χ1n) is 5.50. The highest BCUT2D eigenvalue weighted by molar-refractivity contribution is 6.17. The van der Waals surface area contributed by atoms with Gasteiger partial charge in [-0.2, -0.15) is 4.98 Å². The van der Waals surface area contributed by atoms with Gasteiger partial charge in [0.25, 0.3) is 0 Å². The number of ether oxygens (including phenoxy) is 1. The number of anilines is 1. The number of halogens is 1. The second kappa shape index (κ2) is 5.34. The molecule has 2 heterocycles. The van der Waals surface area contributed by atoms with Crippen molar-refractivity contribution in [3.63, 3.8) is 0 Å². The summed E-state index contributed by atoms with van der Waals surface area (Å²) in [6.07, 6.45) is 5.67. The Morgan fingerprint density at radius 1 is 1.56 bits per heavy atom. The van der Waals surface area contributed by atoms with Crippen LogP contribution in [0, 0.1) is 5.92 Å². The minimum absolute atomic E-state index is 0.568. The lowest BCUT2D eigenvalue weighted by Crippen LogP contribution is -2.21. The van der Waals surface area contributed by atoms with Crippen molar-refractivity contribution in [1.29, 1.82) is 0 Å². The van der Waals surface area contributed by atoms with E-state index in [2.05, 4.69) is 14.9 Å². The molecule has 0 radical (unpaired) electrons. The lowest BCUT2D eigenvalue weighted by atomic mass is 10.1. The lowest BCUT2D eigenvalue weighted by molar-refractivity contribution is 0.395. The average Bonchev–Trinajstić information content (AvgIpc) is 2.78. The Kier molecular flexibility index (Phi) is 3.83. The van der Waals surface area contributed by atoms with Crippen LogP contribution in [0.5, 0.6) is 5.88 Å². The van der Waals surface area contributed by atoms with Gasteiger partial charge in [-0.15, -0.1) is 11.6 Å². The summed E-state index contributed by atoms with van der Waals surface area (Å²) in [4.78, 5) is 10.7. The molecule has 2 rings (SSSR count). The molecular weight excluding hydrogens is 226 g/mol. The second-order valence-corrected chi connectivity index (χ2v) is 4.38. The van der Waals surface area contributed by atoms with Gasteiger partial charge in [0, 0.05) is 19.0 Å². The molecule has 1 saturated heterocycles. The fourth-order valence-electron chi connectivity index (χ4n) is 2.02. The molecule has 16 heavy (non-hydrogen) atoms. The zero-order chi connectivity index (χ0) is 11.4. The van der Waals surface area contributed by atoms with Gasteiger partial charge in [-0.05, 0) is 18.8 Å². The normalized spacial score (nSPS) is 20.1. The van der Waals surface area contributed by atoms with Gasteiger partial charge in [-0.1, -0.05) is 0 Å². The maximum absolute atomic E-state index is 5.76. The minimum Gasteiger partial charge on any atom is -0.480 e. The molecule has 0 N–H and O–H groups in total. The molecule has 5 heteroatoms. The van der Waals surface area contributed by atoms with Crippen LogP contribution in [0.2, 0.25) is 0 Å². The molecule has 0 spiro atoms. The van der Waals surface area contributed by atoms with Crippen molar-refractivity contribution >= 4 is 17.4 Å². The number of hydrogen-bond donors (Lipinski definition) is 0. The lowest BCUT2D eigenvalue weighted by Gasteiger charge is -2.17. The molecule has 1 aliphatic rings. The Balaban J connectivity index is 2.02. The molecule has 0 saturated carbocycles. The molecule has 1 aromatic rings. The first-order chi connectivity index (χ1) is 7.83. The Bertz CT molecular complexity index is 348. The van der Waals surface area contributed by atoms with Crippen LogP contribution >= 0.6 is 11.6 Å². The van der Waals surface area contributed by atoms with Gasteiger partial charge in [-0.3, -0.25) is 4.98 Å². The minimum atomic E-state index is 0.568. The fraction of sp³-hybridized carbons (Fsp3) is 0.636. The predicted molar refractivity (Wildman–Crippen MR) is 64.2 cm³/mol. The Morgan fingerprint density at radius 2 is 2.44 bits per heavy atom. The van der Waals surface area contributed by atoms with E-state index in [4.69, 9.17) is 16.3 Å². The molecule has 88 valence electrons. The summed E-state index contributed by atoms with van der Waals surface area (Å²) in [5, 5.41) is 0. The van der Waals surface area contributed by atoms with Crippen LogP contribution in [0.15, 0.2) is 12.4 Å². The van der Waals surface area contributed by atoms with Crippen LogP contribution in [-0.4, -0.2) is 36.0 Å². The Hall–Kier alpha value is -1.03. The van der Waals surface area contributed by atoms with E-state index in [9.17, 15) is 0 Å². The number of alkyl halides is 1. The van der Waals surface area contributed by atoms with Crippen molar-refractivity contribution in [2.45, 2.75) is 12.8 Å². The quantitative estimate of drug-likeness (QED) is 0.756. The summed E-state index contributed by atoms with van der Waals surface area (Å²) in [6, 6.07) is 0. The van der Waals surface area contributed by atoms with Crippen LogP contribution in [-0.2, 0) is 0 Å². The van der Waals surface area contributed by atoms with E-state index in [1.165, 1.54) is 6.42 Å². The molecule has 1 unspecified atom stereocenters. The van der Waals surface area contributed by atoms with Crippen LogP contribution in [0.25, 0.3) is 0 Å². The summed E-state index contributed by atoms with van der Waals surface area (Å²) in [6.45, 7) is 2.05. The number of hydrogen-bond acceptors (Lipinski definition) is 4. The topological polar surface area (TPSA) is 38.2 Å². The van der Waals surface area contributed by atoms with E-state index < -0.39 is 0 Å². The Morgan fingerprint density at radius 3 is 3.19 bits per heavy atom. The monoisotopic (exact) mass is 241 g/mol. The van der Waals surface area contributed by atoms with Gasteiger partial charge in [0.05, 0.1) is 19.5 Å². The number of methoxy groups -OCH3 is 1. The summed E-state index contributed by atoms with van der Waals surface area (Å²) in [7, 11) is 1.61. The third kappa shape index (κ3) is 2.55. The smallest absolute Gasteiger partial charge is 0.233 e. The standard InChI is InChI=1S/C11H16ClN3O/c1-16-11-7-13-6-10(14-11)15-5-3-9(8-15)2-4-12/h6-7,9H,2-5,8H2,1H3. The molecule has 1 fully saturated rings. The van der Waals surface area contributed by atoms with Crippen molar-refractivity contribution in [2.24, 2.45) is 5.92 Å². The summed E-state index contributed by atoms with van der Waals surface area (Å²) >= 11 is 5.76. The van der Waals surface area contributed by atoms with Gasteiger partial charge >= 0.3 is 0 Å². The highest BCUT2D eigenvalue weighted by Crippen LogP contribution is 2.24. The van der Waals surface area contributed by atoms with Gasteiger partial charge < -0.3 is 9.64 Å². The van der Waals surface area contributed by atoms with Crippen molar-refractivity contribution in [2.75, 3.05) is 31.0 Å². The van der Waals surface area contributed by atoms with Crippen LogP contribution in [0.3, 0.4) is 0 Å². The van der Waals surface area contributed by atoms with Crippen LogP contribution in [0.4, 0.5) is 5.82 Å². The van der Waals surface area contributed by atoms with Crippen molar-refractivity contribution < 1.29 is 4.74 Å². The molecular formula is C11H16ClN3O. The zero-order valence-corrected chi connectivity index (χ0v) is 10.2. The second-order valence-electron chi connectivity index (χ2n) is 4.00. The first kappa shape index (κ1) is 11.5. The van der Waals surface area contributed by atoms with Crippen molar-refractivity contribution in [3.8, 4) is 5.88 Å². The van der Waals surface area contributed by atoms with E-state index >= 15 is 0 Å². The molecule has 0 bridgehead atoms. The van der Waals surface area contributed by atoms with Crippen LogP contribution in [0.1, 0.15) is 12.8 Å². The Labute approximate surface area is 101 Å². The third-order valence-corrected chi connectivity index (χ3v) is 3.15. The van der Waals surface area contributed by atoms with Gasteiger partial charge in [-0.25, -0.2) is 0 Å². The van der Waals surface area contributed by atoms with E-state index in [0.717, 1.165) is 31.2 Å². The molecule has 1 atom stereocenters.